The molecule has 0 radical (unpaired) electrons. The summed E-state index contributed by atoms with van der Waals surface area (Å²) in [5, 5.41) is 5.86. The first-order chi connectivity index (χ1) is 8.30. The van der Waals surface area contributed by atoms with E-state index in [9.17, 15) is 9.59 Å². The van der Waals surface area contributed by atoms with Crippen LogP contribution in [0.25, 0.3) is 0 Å². The van der Waals surface area contributed by atoms with E-state index in [1.165, 1.54) is 12.8 Å². The molecule has 2 amide bonds. The van der Waals surface area contributed by atoms with E-state index in [4.69, 9.17) is 0 Å². The average molecular weight is 254 g/mol. The third-order valence-electron chi connectivity index (χ3n) is 3.27. The summed E-state index contributed by atoms with van der Waals surface area (Å²) in [6.45, 7) is 8.28. The topological polar surface area (TPSA) is 58.2 Å². The molecule has 1 unspecified atom stereocenters. The van der Waals surface area contributed by atoms with Gasteiger partial charge in [0.15, 0.2) is 0 Å². The number of nitrogens with one attached hydrogen (secondary N) is 2. The van der Waals surface area contributed by atoms with Crippen molar-refractivity contribution < 1.29 is 9.59 Å². The molecular formula is C14H26N2O2. The van der Waals surface area contributed by atoms with Crippen LogP contribution in [-0.2, 0) is 9.59 Å². The van der Waals surface area contributed by atoms with Gasteiger partial charge >= 0.3 is 0 Å². The number of rotatable bonds is 6. The molecule has 4 nitrogen and oxygen atoms in total. The molecule has 0 heterocycles. The van der Waals surface area contributed by atoms with E-state index in [-0.39, 0.29) is 17.2 Å². The minimum Gasteiger partial charge on any atom is -0.356 e. The Balaban J connectivity index is 2.06. The van der Waals surface area contributed by atoms with E-state index in [1.54, 1.807) is 0 Å². The quantitative estimate of drug-likeness (QED) is 0.711. The van der Waals surface area contributed by atoms with Crippen molar-refractivity contribution in [3.8, 4) is 0 Å². The van der Waals surface area contributed by atoms with Gasteiger partial charge in [-0.25, -0.2) is 0 Å². The smallest absolute Gasteiger partial charge is 0.225 e. The molecule has 1 rings (SSSR count). The van der Waals surface area contributed by atoms with Gasteiger partial charge in [0.1, 0.15) is 0 Å². The molecule has 0 aliphatic heterocycles. The SMILES string of the molecule is CC(NC(=O)CCCNC(=O)C(C)(C)C)C1CC1. The van der Waals surface area contributed by atoms with Crippen LogP contribution in [0.15, 0.2) is 0 Å². The van der Waals surface area contributed by atoms with Crippen LogP contribution in [0.5, 0.6) is 0 Å². The first kappa shape index (κ1) is 15.0. The molecule has 1 aliphatic rings. The molecule has 0 spiro atoms. The molecule has 1 atom stereocenters. The number of carbonyl (C=O) groups excluding carboxylic acids is 2. The molecule has 18 heavy (non-hydrogen) atoms. The van der Waals surface area contributed by atoms with Crippen LogP contribution in [0.4, 0.5) is 0 Å². The van der Waals surface area contributed by atoms with Gasteiger partial charge in [-0.05, 0) is 32.1 Å². The fourth-order valence-electron chi connectivity index (χ4n) is 1.76. The highest BCUT2D eigenvalue weighted by Crippen LogP contribution is 2.32. The van der Waals surface area contributed by atoms with Gasteiger partial charge in [-0.1, -0.05) is 20.8 Å². The van der Waals surface area contributed by atoms with Crippen molar-refractivity contribution >= 4 is 11.8 Å². The summed E-state index contributed by atoms with van der Waals surface area (Å²) < 4.78 is 0. The zero-order valence-electron chi connectivity index (χ0n) is 12.0. The summed E-state index contributed by atoms with van der Waals surface area (Å²) in [6, 6.07) is 0.307. The Morgan fingerprint density at radius 2 is 1.89 bits per heavy atom. The summed E-state index contributed by atoms with van der Waals surface area (Å²) in [4.78, 5) is 23.2. The van der Waals surface area contributed by atoms with Crippen molar-refractivity contribution in [3.05, 3.63) is 0 Å². The number of carbonyl (C=O) groups is 2. The van der Waals surface area contributed by atoms with Crippen LogP contribution in [0, 0.1) is 11.3 Å². The van der Waals surface area contributed by atoms with Crippen LogP contribution in [0.2, 0.25) is 0 Å². The van der Waals surface area contributed by atoms with Gasteiger partial charge in [0, 0.05) is 24.4 Å². The summed E-state index contributed by atoms with van der Waals surface area (Å²) in [6.07, 6.45) is 3.67. The van der Waals surface area contributed by atoms with Crippen molar-refractivity contribution in [3.63, 3.8) is 0 Å². The minimum atomic E-state index is -0.358. The molecule has 0 bridgehead atoms. The number of amides is 2. The van der Waals surface area contributed by atoms with Gasteiger partial charge in [-0.3, -0.25) is 9.59 Å². The summed E-state index contributed by atoms with van der Waals surface area (Å²) in [5.74, 6) is 0.822. The van der Waals surface area contributed by atoms with Crippen LogP contribution < -0.4 is 10.6 Å². The normalized spacial score (nSPS) is 17.1. The van der Waals surface area contributed by atoms with Crippen molar-refractivity contribution in [2.75, 3.05) is 6.54 Å². The van der Waals surface area contributed by atoms with Crippen LogP contribution >= 0.6 is 0 Å². The zero-order valence-corrected chi connectivity index (χ0v) is 12.0. The standard InChI is InChI=1S/C14H26N2O2/c1-10(11-7-8-11)16-12(17)6-5-9-15-13(18)14(2,3)4/h10-11H,5-9H2,1-4H3,(H,15,18)(H,16,17). The maximum absolute atomic E-state index is 11.6. The van der Waals surface area contributed by atoms with Gasteiger partial charge in [0.2, 0.25) is 11.8 Å². The molecule has 1 aliphatic carbocycles. The third kappa shape index (κ3) is 5.52. The zero-order chi connectivity index (χ0) is 13.8. The maximum Gasteiger partial charge on any atom is 0.225 e. The van der Waals surface area contributed by atoms with E-state index in [0.717, 1.165) is 0 Å². The Labute approximate surface area is 110 Å². The van der Waals surface area contributed by atoms with Crippen LogP contribution in [-0.4, -0.2) is 24.4 Å². The predicted molar refractivity (Wildman–Crippen MR) is 72.0 cm³/mol. The van der Waals surface area contributed by atoms with E-state index in [1.807, 2.05) is 20.8 Å². The monoisotopic (exact) mass is 254 g/mol. The second-order valence-electron chi connectivity index (χ2n) is 6.30. The molecule has 104 valence electrons. The fraction of sp³-hybridized carbons (Fsp3) is 0.857. The molecule has 4 heteroatoms. The highest BCUT2D eigenvalue weighted by atomic mass is 16.2. The molecule has 0 aromatic heterocycles. The van der Waals surface area contributed by atoms with Crippen molar-refractivity contribution in [1.82, 2.24) is 10.6 Å². The Hall–Kier alpha value is -1.06. The fourth-order valence-corrected chi connectivity index (χ4v) is 1.76. The van der Waals surface area contributed by atoms with Gasteiger partial charge in [0.05, 0.1) is 0 Å². The molecule has 1 fully saturated rings. The molecule has 1 saturated carbocycles. The van der Waals surface area contributed by atoms with Gasteiger partial charge in [-0.15, -0.1) is 0 Å². The highest BCUT2D eigenvalue weighted by molar-refractivity contribution is 5.81. The van der Waals surface area contributed by atoms with Gasteiger partial charge in [-0.2, -0.15) is 0 Å². The Morgan fingerprint density at radius 3 is 2.39 bits per heavy atom. The lowest BCUT2D eigenvalue weighted by Gasteiger charge is -2.17. The van der Waals surface area contributed by atoms with Crippen molar-refractivity contribution in [2.24, 2.45) is 11.3 Å². The summed E-state index contributed by atoms with van der Waals surface area (Å²) in [7, 11) is 0. The van der Waals surface area contributed by atoms with Gasteiger partial charge in [0.25, 0.3) is 0 Å². The minimum absolute atomic E-state index is 0.0363. The van der Waals surface area contributed by atoms with E-state index in [2.05, 4.69) is 17.6 Å². The first-order valence-corrected chi connectivity index (χ1v) is 6.88. The molecular weight excluding hydrogens is 228 g/mol. The second-order valence-corrected chi connectivity index (χ2v) is 6.30. The molecule has 0 saturated heterocycles. The highest BCUT2D eigenvalue weighted by Gasteiger charge is 2.28. The average Bonchev–Trinajstić information content (AvgIpc) is 3.06. The molecule has 0 aromatic carbocycles. The van der Waals surface area contributed by atoms with E-state index >= 15 is 0 Å². The summed E-state index contributed by atoms with van der Waals surface area (Å²) in [5.41, 5.74) is -0.358. The Morgan fingerprint density at radius 1 is 1.28 bits per heavy atom. The lowest BCUT2D eigenvalue weighted by Crippen LogP contribution is -2.37. The lowest BCUT2D eigenvalue weighted by atomic mass is 9.96. The Kier molecular flexibility index (Phi) is 5.17. The third-order valence-corrected chi connectivity index (χ3v) is 3.27. The van der Waals surface area contributed by atoms with Crippen LogP contribution in [0.1, 0.15) is 53.4 Å². The van der Waals surface area contributed by atoms with Gasteiger partial charge < -0.3 is 10.6 Å². The Bertz CT molecular complexity index is 303. The van der Waals surface area contributed by atoms with Crippen LogP contribution in [0.3, 0.4) is 0 Å². The lowest BCUT2D eigenvalue weighted by molar-refractivity contribution is -0.128. The summed E-state index contributed by atoms with van der Waals surface area (Å²) >= 11 is 0. The van der Waals surface area contributed by atoms with Crippen molar-refractivity contribution in [2.45, 2.75) is 59.4 Å². The molecule has 0 aromatic rings. The van der Waals surface area contributed by atoms with E-state index in [0.29, 0.717) is 31.3 Å². The molecule has 2 N–H and O–H groups in total. The number of hydrogen-bond donors (Lipinski definition) is 2. The second kappa shape index (κ2) is 6.21. The first-order valence-electron chi connectivity index (χ1n) is 6.88. The van der Waals surface area contributed by atoms with E-state index < -0.39 is 0 Å². The predicted octanol–water partition coefficient (Wildman–Crippen LogP) is 1.84. The maximum atomic E-state index is 11.6. The number of hydrogen-bond acceptors (Lipinski definition) is 2. The largest absolute Gasteiger partial charge is 0.356 e. The van der Waals surface area contributed by atoms with Crippen molar-refractivity contribution in [1.29, 1.82) is 0 Å².